The standard InChI is InChI=1S/C13H19BOP/c1-11(15)10-13-8-5-9-16(13,14)12-6-3-2-4-7-12/h2-4,6-7,11,13,15H,5,8-10H2,1H3/q+1/t11-,13+,16?/m0/s1. The molecule has 0 aromatic heterocycles. The summed E-state index contributed by atoms with van der Waals surface area (Å²) in [7, 11) is 5.18. The Bertz CT molecular complexity index is 341. The van der Waals surface area contributed by atoms with Crippen molar-refractivity contribution in [2.75, 3.05) is 6.16 Å². The summed E-state index contributed by atoms with van der Waals surface area (Å²) >= 11 is 0. The Morgan fingerprint density at radius 1 is 1.44 bits per heavy atom. The number of hydrogen-bond donors (Lipinski definition) is 1. The highest BCUT2D eigenvalue weighted by molar-refractivity contribution is 8.03. The molecule has 0 aliphatic carbocycles. The SMILES string of the molecule is [B][P+]1(c2ccccc2)CCC[C@@H]1C[C@H](C)O. The molecule has 3 atom stereocenters. The summed E-state index contributed by atoms with van der Waals surface area (Å²) in [4.78, 5) is 0. The van der Waals surface area contributed by atoms with Crippen LogP contribution in [0.1, 0.15) is 26.2 Å². The van der Waals surface area contributed by atoms with E-state index in [2.05, 4.69) is 24.3 Å². The maximum absolute atomic E-state index is 9.55. The summed E-state index contributed by atoms with van der Waals surface area (Å²) in [6.07, 6.45) is 4.18. The number of aliphatic hydroxyl groups is 1. The highest BCUT2D eigenvalue weighted by Crippen LogP contribution is 2.64. The number of hydrogen-bond acceptors (Lipinski definition) is 1. The van der Waals surface area contributed by atoms with Crippen molar-refractivity contribution in [3.05, 3.63) is 30.3 Å². The monoisotopic (exact) mass is 233 g/mol. The summed E-state index contributed by atoms with van der Waals surface area (Å²) in [5.41, 5.74) is 0.523. The van der Waals surface area contributed by atoms with Crippen LogP contribution in [-0.4, -0.2) is 30.6 Å². The summed E-state index contributed by atoms with van der Waals surface area (Å²) < 4.78 is 0. The number of rotatable bonds is 3. The van der Waals surface area contributed by atoms with Crippen molar-refractivity contribution < 1.29 is 5.11 Å². The van der Waals surface area contributed by atoms with E-state index in [1.807, 2.05) is 13.0 Å². The van der Waals surface area contributed by atoms with Crippen molar-refractivity contribution in [3.63, 3.8) is 0 Å². The zero-order valence-electron chi connectivity index (χ0n) is 9.84. The molecule has 1 fully saturated rings. The Kier molecular flexibility index (Phi) is 3.72. The highest BCUT2D eigenvalue weighted by Gasteiger charge is 2.47. The maximum atomic E-state index is 9.55. The van der Waals surface area contributed by atoms with Crippen LogP contribution in [0.4, 0.5) is 0 Å². The molecule has 0 spiro atoms. The first kappa shape index (κ1) is 12.1. The molecular formula is C13H19BOP+. The minimum atomic E-state index is -1.50. The van der Waals surface area contributed by atoms with Gasteiger partial charge in [-0.15, -0.1) is 0 Å². The van der Waals surface area contributed by atoms with Crippen LogP contribution in [0.15, 0.2) is 30.3 Å². The molecule has 1 aliphatic heterocycles. The highest BCUT2D eigenvalue weighted by atomic mass is 31.2. The largest absolute Gasteiger partial charge is 0.393 e. The molecule has 0 saturated carbocycles. The predicted octanol–water partition coefficient (Wildman–Crippen LogP) is 2.35. The van der Waals surface area contributed by atoms with Crippen molar-refractivity contribution in [1.29, 1.82) is 0 Å². The van der Waals surface area contributed by atoms with E-state index in [0.717, 1.165) is 12.6 Å². The van der Waals surface area contributed by atoms with Gasteiger partial charge in [0.1, 0.15) is 0 Å². The lowest BCUT2D eigenvalue weighted by Crippen LogP contribution is -2.23. The molecule has 1 aromatic rings. The molecule has 1 saturated heterocycles. The fourth-order valence-corrected chi connectivity index (χ4v) is 6.55. The van der Waals surface area contributed by atoms with Crippen LogP contribution in [0.25, 0.3) is 0 Å². The molecule has 1 aliphatic rings. The molecule has 2 rings (SSSR count). The summed E-state index contributed by atoms with van der Waals surface area (Å²) in [6.45, 7) is 1.87. The van der Waals surface area contributed by atoms with Crippen LogP contribution >= 0.6 is 7.14 Å². The van der Waals surface area contributed by atoms with Gasteiger partial charge in [-0.25, -0.2) is 0 Å². The molecule has 3 heteroatoms. The molecule has 0 bridgehead atoms. The molecule has 0 amide bonds. The normalized spacial score (nSPS) is 31.5. The zero-order chi connectivity index (χ0) is 11.6. The van der Waals surface area contributed by atoms with Crippen LogP contribution < -0.4 is 5.30 Å². The van der Waals surface area contributed by atoms with Gasteiger partial charge >= 0.3 is 7.57 Å². The molecule has 84 valence electrons. The van der Waals surface area contributed by atoms with Crippen LogP contribution in [0.3, 0.4) is 0 Å². The van der Waals surface area contributed by atoms with Crippen molar-refractivity contribution in [1.82, 2.24) is 0 Å². The van der Waals surface area contributed by atoms with E-state index in [9.17, 15) is 5.11 Å². The van der Waals surface area contributed by atoms with Crippen molar-refractivity contribution >= 4 is 20.0 Å². The van der Waals surface area contributed by atoms with Gasteiger partial charge < -0.3 is 5.11 Å². The molecule has 1 unspecified atom stereocenters. The summed E-state index contributed by atoms with van der Waals surface area (Å²) in [6, 6.07) is 10.5. The molecule has 1 nitrogen and oxygen atoms in total. The molecular weight excluding hydrogens is 214 g/mol. The fraction of sp³-hybridized carbons (Fsp3) is 0.538. The van der Waals surface area contributed by atoms with E-state index < -0.39 is 7.14 Å². The first-order valence-corrected chi connectivity index (χ1v) is 8.14. The van der Waals surface area contributed by atoms with E-state index >= 15 is 0 Å². The molecule has 1 heterocycles. The first-order chi connectivity index (χ1) is 7.63. The second-order valence-corrected chi connectivity index (χ2v) is 8.43. The first-order valence-electron chi connectivity index (χ1n) is 6.03. The van der Waals surface area contributed by atoms with Gasteiger partial charge in [0.15, 0.2) is 0 Å². The number of benzene rings is 1. The molecule has 2 radical (unpaired) electrons. The van der Waals surface area contributed by atoms with Crippen LogP contribution in [0.5, 0.6) is 0 Å². The van der Waals surface area contributed by atoms with Crippen LogP contribution in [0.2, 0.25) is 0 Å². The lowest BCUT2D eigenvalue weighted by Gasteiger charge is -2.26. The Hall–Kier alpha value is -0.325. The van der Waals surface area contributed by atoms with Gasteiger partial charge in [0.25, 0.3) is 0 Å². The molecule has 1 aromatic carbocycles. The Labute approximate surface area is 100.0 Å². The summed E-state index contributed by atoms with van der Waals surface area (Å²) in [5, 5.41) is 10.9. The topological polar surface area (TPSA) is 20.2 Å². The van der Waals surface area contributed by atoms with E-state index in [0.29, 0.717) is 5.66 Å². The zero-order valence-corrected chi connectivity index (χ0v) is 10.7. The average molecular weight is 233 g/mol. The molecule has 16 heavy (non-hydrogen) atoms. The van der Waals surface area contributed by atoms with Crippen LogP contribution in [0, 0.1) is 0 Å². The Morgan fingerprint density at radius 2 is 2.12 bits per heavy atom. The second kappa shape index (κ2) is 4.90. The van der Waals surface area contributed by atoms with Gasteiger partial charge in [0.05, 0.1) is 17.1 Å². The second-order valence-electron chi connectivity index (χ2n) is 4.87. The third-order valence-corrected chi connectivity index (χ3v) is 7.66. The van der Waals surface area contributed by atoms with Crippen molar-refractivity contribution in [2.45, 2.75) is 37.9 Å². The van der Waals surface area contributed by atoms with Crippen molar-refractivity contribution in [2.24, 2.45) is 0 Å². The van der Waals surface area contributed by atoms with Gasteiger partial charge in [-0.05, 0) is 39.0 Å². The van der Waals surface area contributed by atoms with E-state index in [1.54, 1.807) is 0 Å². The Balaban J connectivity index is 2.23. The minimum Gasteiger partial charge on any atom is -0.393 e. The number of aliphatic hydroxyl groups excluding tert-OH is 1. The third kappa shape index (κ3) is 2.33. The van der Waals surface area contributed by atoms with Gasteiger partial charge in [-0.1, -0.05) is 18.2 Å². The van der Waals surface area contributed by atoms with Gasteiger partial charge in [0.2, 0.25) is 0 Å². The predicted molar refractivity (Wildman–Crippen MR) is 72.9 cm³/mol. The van der Waals surface area contributed by atoms with Crippen LogP contribution in [-0.2, 0) is 0 Å². The maximum Gasteiger partial charge on any atom is 0.371 e. The third-order valence-electron chi connectivity index (χ3n) is 3.57. The quantitative estimate of drug-likeness (QED) is 0.627. The van der Waals surface area contributed by atoms with Crippen molar-refractivity contribution in [3.8, 4) is 0 Å². The fourth-order valence-electron chi connectivity index (χ4n) is 2.75. The van der Waals surface area contributed by atoms with E-state index in [-0.39, 0.29) is 6.10 Å². The van der Waals surface area contributed by atoms with E-state index in [4.69, 9.17) is 7.57 Å². The average Bonchev–Trinajstić information content (AvgIpc) is 2.62. The van der Waals surface area contributed by atoms with Gasteiger partial charge in [-0.2, -0.15) is 0 Å². The summed E-state index contributed by atoms with van der Waals surface area (Å²) in [5.74, 6) is 0. The molecule has 1 N–H and O–H groups in total. The lowest BCUT2D eigenvalue weighted by atomic mass is 10.1. The van der Waals surface area contributed by atoms with E-state index in [1.165, 1.54) is 18.1 Å². The minimum absolute atomic E-state index is 0.227. The smallest absolute Gasteiger partial charge is 0.371 e. The van der Waals surface area contributed by atoms with Gasteiger partial charge in [-0.3, -0.25) is 0 Å². The lowest BCUT2D eigenvalue weighted by molar-refractivity contribution is 0.183. The van der Waals surface area contributed by atoms with Gasteiger partial charge in [0, 0.05) is 12.6 Å². The Morgan fingerprint density at radius 3 is 2.75 bits per heavy atom.